The molecule has 0 saturated heterocycles. The summed E-state index contributed by atoms with van der Waals surface area (Å²) in [4.78, 5) is 0. The lowest BCUT2D eigenvalue weighted by atomic mass is 9.92. The van der Waals surface area contributed by atoms with Crippen LogP contribution in [0.1, 0.15) is 50.7 Å². The lowest BCUT2D eigenvalue weighted by Crippen LogP contribution is -2.33. The number of halogens is 1. The Labute approximate surface area is 125 Å². The van der Waals surface area contributed by atoms with Gasteiger partial charge in [-0.3, -0.25) is 0 Å². The molecule has 1 N–H and O–H groups in total. The van der Waals surface area contributed by atoms with Crippen LogP contribution in [0.5, 0.6) is 0 Å². The SMILES string of the molecule is CCNC1CCCCCC1c1cc2cc(Cl)ccc2o1. The third-order valence-electron chi connectivity index (χ3n) is 4.35. The molecule has 1 heterocycles. The Kier molecular flexibility index (Phi) is 4.32. The maximum atomic E-state index is 6.10. The summed E-state index contributed by atoms with van der Waals surface area (Å²) in [6.07, 6.45) is 6.41. The van der Waals surface area contributed by atoms with E-state index in [1.54, 1.807) is 0 Å². The van der Waals surface area contributed by atoms with Gasteiger partial charge in [0.05, 0.1) is 0 Å². The predicted molar refractivity (Wildman–Crippen MR) is 84.5 cm³/mol. The second kappa shape index (κ2) is 6.19. The maximum Gasteiger partial charge on any atom is 0.134 e. The van der Waals surface area contributed by atoms with Crippen LogP contribution in [0.2, 0.25) is 5.02 Å². The summed E-state index contributed by atoms with van der Waals surface area (Å²) in [5, 5.41) is 5.53. The van der Waals surface area contributed by atoms with Gasteiger partial charge >= 0.3 is 0 Å². The average Bonchev–Trinajstić information content (AvgIpc) is 2.70. The number of hydrogen-bond donors (Lipinski definition) is 1. The Hall–Kier alpha value is -0.990. The van der Waals surface area contributed by atoms with E-state index in [1.807, 2.05) is 18.2 Å². The quantitative estimate of drug-likeness (QED) is 0.795. The van der Waals surface area contributed by atoms with Crippen molar-refractivity contribution in [2.75, 3.05) is 6.54 Å². The third kappa shape index (κ3) is 2.87. The zero-order chi connectivity index (χ0) is 13.9. The fourth-order valence-electron chi connectivity index (χ4n) is 3.37. The maximum absolute atomic E-state index is 6.10. The minimum atomic E-state index is 0.489. The molecule has 1 aromatic carbocycles. The molecule has 2 nitrogen and oxygen atoms in total. The van der Waals surface area contributed by atoms with Crippen LogP contribution < -0.4 is 5.32 Å². The molecule has 1 saturated carbocycles. The Morgan fingerprint density at radius 1 is 1.20 bits per heavy atom. The Balaban J connectivity index is 1.93. The highest BCUT2D eigenvalue weighted by Crippen LogP contribution is 2.35. The van der Waals surface area contributed by atoms with E-state index in [0.717, 1.165) is 28.3 Å². The lowest BCUT2D eigenvalue weighted by Gasteiger charge is -2.24. The summed E-state index contributed by atoms with van der Waals surface area (Å²) in [7, 11) is 0. The molecule has 3 rings (SSSR count). The molecule has 0 spiro atoms. The van der Waals surface area contributed by atoms with Gasteiger partial charge in [-0.2, -0.15) is 0 Å². The van der Waals surface area contributed by atoms with E-state index in [1.165, 1.54) is 32.1 Å². The van der Waals surface area contributed by atoms with Crippen LogP contribution in [0.25, 0.3) is 11.0 Å². The molecule has 3 heteroatoms. The molecule has 0 aliphatic heterocycles. The number of hydrogen-bond acceptors (Lipinski definition) is 2. The first kappa shape index (κ1) is 14.0. The zero-order valence-electron chi connectivity index (χ0n) is 12.0. The molecule has 1 fully saturated rings. The zero-order valence-corrected chi connectivity index (χ0v) is 12.7. The summed E-state index contributed by atoms with van der Waals surface area (Å²) < 4.78 is 6.10. The molecule has 1 aliphatic carbocycles. The molecular weight excluding hydrogens is 270 g/mol. The number of furan rings is 1. The molecule has 2 atom stereocenters. The van der Waals surface area contributed by atoms with E-state index in [-0.39, 0.29) is 0 Å². The third-order valence-corrected chi connectivity index (χ3v) is 4.58. The smallest absolute Gasteiger partial charge is 0.134 e. The van der Waals surface area contributed by atoms with Gasteiger partial charge in [0.25, 0.3) is 0 Å². The fourth-order valence-corrected chi connectivity index (χ4v) is 3.55. The van der Waals surface area contributed by atoms with Crippen molar-refractivity contribution in [1.29, 1.82) is 0 Å². The standard InChI is InChI=1S/C17H22ClNO/c1-2-19-15-7-5-3-4-6-14(15)17-11-12-10-13(18)8-9-16(12)20-17/h8-11,14-15,19H,2-7H2,1H3. The molecule has 0 radical (unpaired) electrons. The second-order valence-corrected chi connectivity index (χ2v) is 6.18. The van der Waals surface area contributed by atoms with Gasteiger partial charge < -0.3 is 9.73 Å². The van der Waals surface area contributed by atoms with Crippen molar-refractivity contribution in [3.63, 3.8) is 0 Å². The first-order valence-electron chi connectivity index (χ1n) is 7.70. The fraction of sp³-hybridized carbons (Fsp3) is 0.529. The average molecular weight is 292 g/mol. The highest BCUT2D eigenvalue weighted by molar-refractivity contribution is 6.31. The highest BCUT2D eigenvalue weighted by Gasteiger charge is 2.27. The van der Waals surface area contributed by atoms with Crippen LogP contribution in [-0.4, -0.2) is 12.6 Å². The lowest BCUT2D eigenvalue weighted by molar-refractivity contribution is 0.369. The van der Waals surface area contributed by atoms with Gasteiger partial charge in [0, 0.05) is 22.4 Å². The van der Waals surface area contributed by atoms with Gasteiger partial charge in [0.1, 0.15) is 11.3 Å². The van der Waals surface area contributed by atoms with Gasteiger partial charge in [0.15, 0.2) is 0 Å². The van der Waals surface area contributed by atoms with Gasteiger partial charge in [0.2, 0.25) is 0 Å². The molecule has 20 heavy (non-hydrogen) atoms. The van der Waals surface area contributed by atoms with Gasteiger partial charge in [-0.15, -0.1) is 0 Å². The number of likely N-dealkylation sites (N-methyl/N-ethyl adjacent to an activating group) is 1. The summed E-state index contributed by atoms with van der Waals surface area (Å²) in [6.45, 7) is 3.20. The Bertz CT molecular complexity index is 577. The number of benzene rings is 1. The van der Waals surface area contributed by atoms with Gasteiger partial charge in [-0.05, 0) is 43.7 Å². The largest absolute Gasteiger partial charge is 0.461 e. The molecule has 2 aromatic rings. The first-order valence-corrected chi connectivity index (χ1v) is 8.08. The van der Waals surface area contributed by atoms with Crippen LogP contribution in [0.15, 0.2) is 28.7 Å². The summed E-state index contributed by atoms with van der Waals surface area (Å²) >= 11 is 6.06. The van der Waals surface area contributed by atoms with E-state index in [4.69, 9.17) is 16.0 Å². The molecule has 1 aromatic heterocycles. The van der Waals surface area contributed by atoms with Crippen LogP contribution in [0.3, 0.4) is 0 Å². The molecule has 0 amide bonds. The molecule has 108 valence electrons. The van der Waals surface area contributed by atoms with Crippen molar-refractivity contribution >= 4 is 22.6 Å². The van der Waals surface area contributed by atoms with Crippen LogP contribution >= 0.6 is 11.6 Å². The van der Waals surface area contributed by atoms with Crippen molar-refractivity contribution in [3.05, 3.63) is 35.0 Å². The van der Waals surface area contributed by atoms with Crippen LogP contribution in [0.4, 0.5) is 0 Å². The number of nitrogens with one attached hydrogen (secondary N) is 1. The summed E-state index contributed by atoms with van der Waals surface area (Å²) in [6, 6.07) is 8.58. The van der Waals surface area contributed by atoms with Crippen molar-refractivity contribution < 1.29 is 4.42 Å². The molecule has 1 aliphatic rings. The van der Waals surface area contributed by atoms with E-state index in [2.05, 4.69) is 18.3 Å². The number of fused-ring (bicyclic) bond motifs is 1. The normalized spacial score (nSPS) is 23.9. The van der Waals surface area contributed by atoms with Gasteiger partial charge in [-0.1, -0.05) is 37.8 Å². The van der Waals surface area contributed by atoms with Crippen molar-refractivity contribution in [3.8, 4) is 0 Å². The van der Waals surface area contributed by atoms with Crippen molar-refractivity contribution in [2.24, 2.45) is 0 Å². The number of rotatable bonds is 3. The second-order valence-electron chi connectivity index (χ2n) is 5.74. The Morgan fingerprint density at radius 2 is 2.05 bits per heavy atom. The minimum Gasteiger partial charge on any atom is -0.461 e. The van der Waals surface area contributed by atoms with E-state index < -0.39 is 0 Å². The van der Waals surface area contributed by atoms with Crippen molar-refractivity contribution in [1.82, 2.24) is 5.32 Å². The van der Waals surface area contributed by atoms with Gasteiger partial charge in [-0.25, -0.2) is 0 Å². The minimum absolute atomic E-state index is 0.489. The van der Waals surface area contributed by atoms with E-state index in [0.29, 0.717) is 12.0 Å². The summed E-state index contributed by atoms with van der Waals surface area (Å²) in [5.41, 5.74) is 0.948. The summed E-state index contributed by atoms with van der Waals surface area (Å²) in [5.74, 6) is 1.61. The molecular formula is C17H22ClNO. The highest BCUT2D eigenvalue weighted by atomic mass is 35.5. The first-order chi connectivity index (χ1) is 9.78. The van der Waals surface area contributed by atoms with E-state index in [9.17, 15) is 0 Å². The topological polar surface area (TPSA) is 25.2 Å². The molecule has 2 unspecified atom stereocenters. The molecule has 0 bridgehead atoms. The van der Waals surface area contributed by atoms with Crippen LogP contribution in [0, 0.1) is 0 Å². The Morgan fingerprint density at radius 3 is 2.90 bits per heavy atom. The van der Waals surface area contributed by atoms with Crippen molar-refractivity contribution in [2.45, 2.75) is 51.0 Å². The van der Waals surface area contributed by atoms with E-state index >= 15 is 0 Å². The monoisotopic (exact) mass is 291 g/mol. The van der Waals surface area contributed by atoms with Crippen LogP contribution in [-0.2, 0) is 0 Å². The predicted octanol–water partition coefficient (Wildman–Crippen LogP) is 5.11.